The van der Waals surface area contributed by atoms with Crippen molar-refractivity contribution in [2.45, 2.75) is 25.0 Å². The summed E-state index contributed by atoms with van der Waals surface area (Å²) in [6.45, 7) is 1.07. The number of carbonyl (C=O) groups is 1. The molecule has 1 aromatic rings. The first-order chi connectivity index (χ1) is 9.23. The zero-order valence-electron chi connectivity index (χ0n) is 12.0. The summed E-state index contributed by atoms with van der Waals surface area (Å²) in [5, 5.41) is 8.53. The number of ether oxygens (including phenoxy) is 2. The molecule has 1 fully saturated rings. The standard InChI is InChI=1S/C12H17NO5S.K.H2S/c14-10(15)2-9-19-8-1-3-12(17-6-7-18-12)11-13-4-5-16-11;;/h4-5H,1-3,6-9H2,(H,14,15);;1H2/q;+1;/p-1. The molecule has 1 N–H and O–H groups in total. The van der Waals surface area contributed by atoms with Crippen molar-refractivity contribution in [2.24, 2.45) is 0 Å². The maximum atomic E-state index is 10.4. The van der Waals surface area contributed by atoms with Crippen LogP contribution in [0.15, 0.2) is 16.9 Å². The number of nitrogens with zero attached hydrogens (tertiary/aromatic N) is 1. The van der Waals surface area contributed by atoms with Gasteiger partial charge in [-0.15, -0.1) is 0 Å². The van der Waals surface area contributed by atoms with Crippen molar-refractivity contribution >= 4 is 31.2 Å². The van der Waals surface area contributed by atoms with Gasteiger partial charge in [-0.2, -0.15) is 11.8 Å². The summed E-state index contributed by atoms with van der Waals surface area (Å²) < 4.78 is 16.6. The molecule has 1 aliphatic rings. The molecule has 1 aromatic heterocycles. The van der Waals surface area contributed by atoms with E-state index in [-0.39, 0.29) is 71.3 Å². The summed E-state index contributed by atoms with van der Waals surface area (Å²) in [5.41, 5.74) is 0. The van der Waals surface area contributed by atoms with Crippen molar-refractivity contribution in [1.29, 1.82) is 0 Å². The van der Waals surface area contributed by atoms with Crippen LogP contribution in [0.3, 0.4) is 0 Å². The van der Waals surface area contributed by atoms with Gasteiger partial charge in [0.25, 0.3) is 5.89 Å². The number of thiol groups is 1. The number of aliphatic carboxylic acids is 1. The zero-order valence-corrected chi connectivity index (χ0v) is 16.8. The van der Waals surface area contributed by atoms with Crippen molar-refractivity contribution in [3.63, 3.8) is 0 Å². The number of hydrogen-bond acceptors (Lipinski definition) is 7. The minimum atomic E-state index is -0.850. The van der Waals surface area contributed by atoms with E-state index < -0.39 is 11.8 Å². The average Bonchev–Trinajstić information content (AvgIpc) is 3.04. The predicted molar refractivity (Wildman–Crippen MR) is 77.7 cm³/mol. The van der Waals surface area contributed by atoms with Crippen molar-refractivity contribution in [3.8, 4) is 0 Å². The fourth-order valence-corrected chi connectivity index (χ4v) is 2.78. The first kappa shape index (κ1) is 21.9. The number of hydrogen-bond donors (Lipinski definition) is 1. The summed E-state index contributed by atoms with van der Waals surface area (Å²) >= 11 is 1.62. The van der Waals surface area contributed by atoms with Crippen LogP contribution < -0.4 is 51.4 Å². The zero-order chi connectivity index (χ0) is 13.6. The van der Waals surface area contributed by atoms with Gasteiger partial charge in [0.15, 0.2) is 0 Å². The van der Waals surface area contributed by atoms with Gasteiger partial charge in [-0.3, -0.25) is 4.79 Å². The summed E-state index contributed by atoms with van der Waals surface area (Å²) in [4.78, 5) is 14.5. The molecule has 6 nitrogen and oxygen atoms in total. The van der Waals surface area contributed by atoms with E-state index in [1.165, 1.54) is 6.26 Å². The van der Waals surface area contributed by atoms with Gasteiger partial charge < -0.3 is 32.5 Å². The summed E-state index contributed by atoms with van der Waals surface area (Å²) in [6.07, 6.45) is 4.79. The van der Waals surface area contributed by atoms with E-state index in [0.29, 0.717) is 31.3 Å². The largest absolute Gasteiger partial charge is 1.00 e. The molecule has 114 valence electrons. The molecule has 0 radical (unpaired) electrons. The van der Waals surface area contributed by atoms with E-state index in [9.17, 15) is 4.79 Å². The van der Waals surface area contributed by atoms with E-state index in [0.717, 1.165) is 12.2 Å². The van der Waals surface area contributed by atoms with Gasteiger partial charge in [-0.25, -0.2) is 4.98 Å². The molecule has 0 saturated carbocycles. The Labute approximate surface area is 177 Å². The van der Waals surface area contributed by atoms with Crippen LogP contribution in [0, 0.1) is 0 Å². The fraction of sp³-hybridized carbons (Fsp3) is 0.667. The van der Waals surface area contributed by atoms with Crippen LogP contribution in [0.4, 0.5) is 0 Å². The van der Waals surface area contributed by atoms with Crippen LogP contribution in [0.1, 0.15) is 25.2 Å². The molecule has 0 aromatic carbocycles. The monoisotopic (exact) mass is 359 g/mol. The van der Waals surface area contributed by atoms with Crippen molar-refractivity contribution < 1.29 is 75.2 Å². The van der Waals surface area contributed by atoms with Gasteiger partial charge in [0.2, 0.25) is 5.79 Å². The first-order valence-electron chi connectivity index (χ1n) is 6.20. The number of aromatic nitrogens is 1. The molecule has 0 bridgehead atoms. The third kappa shape index (κ3) is 6.92. The van der Waals surface area contributed by atoms with Crippen LogP contribution in [-0.4, -0.2) is 40.8 Å². The number of rotatable bonds is 8. The normalized spacial score (nSPS) is 16.0. The second-order valence-corrected chi connectivity index (χ2v) is 5.37. The molecule has 2 rings (SSSR count). The molecule has 0 spiro atoms. The Kier molecular flexibility index (Phi) is 12.0. The number of carboxylic acids is 1. The molecule has 0 atom stereocenters. The van der Waals surface area contributed by atoms with Gasteiger partial charge in [-0.05, 0) is 12.2 Å². The van der Waals surface area contributed by atoms with Gasteiger partial charge in [0, 0.05) is 12.2 Å². The van der Waals surface area contributed by atoms with Gasteiger partial charge in [0.1, 0.15) is 6.26 Å². The molecule has 9 heteroatoms. The van der Waals surface area contributed by atoms with Crippen molar-refractivity contribution in [1.82, 2.24) is 4.98 Å². The topological polar surface area (TPSA) is 81.8 Å². The minimum Gasteiger partial charge on any atom is -0.813 e. The van der Waals surface area contributed by atoms with Gasteiger partial charge in [-0.1, -0.05) is 0 Å². The first-order valence-corrected chi connectivity index (χ1v) is 7.36. The summed E-state index contributed by atoms with van der Waals surface area (Å²) in [5.74, 6) is 0.342. The Bertz CT molecular complexity index is 398. The quantitative estimate of drug-likeness (QED) is 0.263. The molecule has 2 heterocycles. The molecule has 1 saturated heterocycles. The maximum Gasteiger partial charge on any atom is 1.00 e. The second kappa shape index (κ2) is 11.5. The van der Waals surface area contributed by atoms with E-state index >= 15 is 0 Å². The SMILES string of the molecule is O=C(O)CCSCCCC1(c2ncco2)OCCO1.[K+].[SH-]. The van der Waals surface area contributed by atoms with Gasteiger partial charge in [0.05, 0.1) is 25.8 Å². The van der Waals surface area contributed by atoms with Gasteiger partial charge >= 0.3 is 57.4 Å². The average molecular weight is 360 g/mol. The molecular weight excluding hydrogens is 341 g/mol. The van der Waals surface area contributed by atoms with Crippen LogP contribution in [-0.2, 0) is 33.6 Å². The summed E-state index contributed by atoms with van der Waals surface area (Å²) in [6, 6.07) is 0. The van der Waals surface area contributed by atoms with Crippen LogP contribution in [0.25, 0.3) is 0 Å². The second-order valence-electron chi connectivity index (χ2n) is 4.15. The van der Waals surface area contributed by atoms with E-state index in [1.54, 1.807) is 18.0 Å². The molecule has 1 aliphatic heterocycles. The predicted octanol–water partition coefficient (Wildman–Crippen LogP) is -1.40. The van der Waals surface area contributed by atoms with Crippen molar-refractivity contribution in [2.75, 3.05) is 24.7 Å². The van der Waals surface area contributed by atoms with Crippen LogP contribution in [0.5, 0.6) is 0 Å². The number of thioether (sulfide) groups is 1. The number of carboxylic acid groups (broad SMARTS) is 1. The Morgan fingerprint density at radius 2 is 2.10 bits per heavy atom. The number of oxazole rings is 1. The third-order valence-electron chi connectivity index (χ3n) is 2.77. The molecule has 0 unspecified atom stereocenters. The van der Waals surface area contributed by atoms with E-state index in [4.69, 9.17) is 19.0 Å². The molecule has 0 amide bonds. The Morgan fingerprint density at radius 1 is 1.38 bits per heavy atom. The minimum absolute atomic E-state index is 0. The smallest absolute Gasteiger partial charge is 0.813 e. The summed E-state index contributed by atoms with van der Waals surface area (Å²) in [7, 11) is 0. The Morgan fingerprint density at radius 3 is 2.67 bits per heavy atom. The molecule has 0 aliphatic carbocycles. The van der Waals surface area contributed by atoms with E-state index in [2.05, 4.69) is 4.98 Å². The third-order valence-corrected chi connectivity index (χ3v) is 3.84. The van der Waals surface area contributed by atoms with Crippen LogP contribution in [0.2, 0.25) is 0 Å². The molecular formula is C12H18KNO5S2. The Hall–Kier alpha value is 0.936. The fourth-order valence-electron chi connectivity index (χ4n) is 1.91. The maximum absolute atomic E-state index is 10.4. The Balaban J connectivity index is 0.00000200. The van der Waals surface area contributed by atoms with E-state index in [1.807, 2.05) is 0 Å². The van der Waals surface area contributed by atoms with Crippen molar-refractivity contribution in [3.05, 3.63) is 18.4 Å². The molecule has 21 heavy (non-hydrogen) atoms. The van der Waals surface area contributed by atoms with Crippen LogP contribution >= 0.6 is 11.8 Å².